The standard InChI is InChI=1S/C19H28N2O3/c1-19(23)9-11-24-14-16(19)17-8-5-10-21(17)13-18(22)20-12-15-6-3-2-4-7-15/h2-4,6-7,16-17,23H,5,8-14H2,1H3,(H,20,22)/t16-,17-,19+/m1/s1. The number of amides is 1. The van der Waals surface area contributed by atoms with Gasteiger partial charge in [-0.25, -0.2) is 0 Å². The van der Waals surface area contributed by atoms with E-state index in [1.807, 2.05) is 37.3 Å². The summed E-state index contributed by atoms with van der Waals surface area (Å²) < 4.78 is 5.60. The van der Waals surface area contributed by atoms with E-state index in [2.05, 4.69) is 10.2 Å². The monoisotopic (exact) mass is 332 g/mol. The molecule has 2 aliphatic rings. The molecular weight excluding hydrogens is 304 g/mol. The Morgan fingerprint density at radius 3 is 2.96 bits per heavy atom. The van der Waals surface area contributed by atoms with Gasteiger partial charge in [0.1, 0.15) is 0 Å². The van der Waals surface area contributed by atoms with E-state index in [4.69, 9.17) is 4.74 Å². The average molecular weight is 332 g/mol. The summed E-state index contributed by atoms with van der Waals surface area (Å²) in [5.41, 5.74) is 0.402. The van der Waals surface area contributed by atoms with Gasteiger partial charge in [-0.3, -0.25) is 9.69 Å². The molecule has 0 saturated carbocycles. The number of aliphatic hydroxyl groups is 1. The number of carbonyl (C=O) groups excluding carboxylic acids is 1. The fraction of sp³-hybridized carbons (Fsp3) is 0.632. The van der Waals surface area contributed by atoms with E-state index in [1.165, 1.54) is 0 Å². The molecule has 5 nitrogen and oxygen atoms in total. The van der Waals surface area contributed by atoms with Gasteiger partial charge >= 0.3 is 0 Å². The SMILES string of the molecule is C[C@]1(O)CCOC[C@@H]1[C@H]1CCCN1CC(=O)NCc1ccccc1. The van der Waals surface area contributed by atoms with Crippen LogP contribution in [0.2, 0.25) is 0 Å². The molecule has 0 aromatic heterocycles. The van der Waals surface area contributed by atoms with Crippen LogP contribution in [0.25, 0.3) is 0 Å². The highest BCUT2D eigenvalue weighted by molar-refractivity contribution is 5.78. The first-order chi connectivity index (χ1) is 11.6. The zero-order valence-electron chi connectivity index (χ0n) is 14.4. The molecule has 0 unspecified atom stereocenters. The molecule has 3 atom stereocenters. The number of likely N-dealkylation sites (tertiary alicyclic amines) is 1. The molecule has 0 radical (unpaired) electrons. The van der Waals surface area contributed by atoms with Gasteiger partial charge in [-0.05, 0) is 38.3 Å². The zero-order chi connectivity index (χ0) is 17.0. The zero-order valence-corrected chi connectivity index (χ0v) is 14.4. The fourth-order valence-electron chi connectivity index (χ4n) is 3.92. The molecule has 1 aromatic rings. The van der Waals surface area contributed by atoms with Crippen LogP contribution in [-0.2, 0) is 16.1 Å². The number of benzene rings is 1. The van der Waals surface area contributed by atoms with Crippen molar-refractivity contribution >= 4 is 5.91 Å². The predicted octanol–water partition coefficient (Wildman–Crippen LogP) is 1.55. The largest absolute Gasteiger partial charge is 0.390 e. The van der Waals surface area contributed by atoms with Crippen LogP contribution in [0, 0.1) is 5.92 Å². The van der Waals surface area contributed by atoms with Crippen LogP contribution in [0.1, 0.15) is 31.7 Å². The van der Waals surface area contributed by atoms with Gasteiger partial charge in [0.05, 0.1) is 18.8 Å². The van der Waals surface area contributed by atoms with Gasteiger partial charge in [0.2, 0.25) is 5.91 Å². The smallest absolute Gasteiger partial charge is 0.234 e. The van der Waals surface area contributed by atoms with Crippen molar-refractivity contribution in [2.75, 3.05) is 26.3 Å². The van der Waals surface area contributed by atoms with Crippen LogP contribution in [0.4, 0.5) is 0 Å². The molecule has 5 heteroatoms. The molecule has 2 N–H and O–H groups in total. The Bertz CT molecular complexity index is 547. The minimum absolute atomic E-state index is 0.0436. The fourth-order valence-corrected chi connectivity index (χ4v) is 3.92. The summed E-state index contributed by atoms with van der Waals surface area (Å²) in [7, 11) is 0. The second-order valence-electron chi connectivity index (χ2n) is 7.23. The molecule has 0 aliphatic carbocycles. The number of hydrogen-bond donors (Lipinski definition) is 2. The highest BCUT2D eigenvalue weighted by Crippen LogP contribution is 2.35. The summed E-state index contributed by atoms with van der Waals surface area (Å²) in [6.07, 6.45) is 2.77. The number of ether oxygens (including phenoxy) is 1. The van der Waals surface area contributed by atoms with Crippen LogP contribution in [-0.4, -0.2) is 53.9 Å². The average Bonchev–Trinajstić information content (AvgIpc) is 3.01. The normalized spacial score (nSPS) is 31.1. The Morgan fingerprint density at radius 1 is 1.42 bits per heavy atom. The van der Waals surface area contributed by atoms with Crippen molar-refractivity contribution in [2.45, 2.75) is 44.4 Å². The first kappa shape index (κ1) is 17.4. The molecule has 2 fully saturated rings. The molecule has 2 saturated heterocycles. The van der Waals surface area contributed by atoms with E-state index < -0.39 is 5.60 Å². The summed E-state index contributed by atoms with van der Waals surface area (Å²) >= 11 is 0. The molecular formula is C19H28N2O3. The van der Waals surface area contributed by atoms with Crippen molar-refractivity contribution in [3.63, 3.8) is 0 Å². The molecule has 132 valence electrons. The van der Waals surface area contributed by atoms with Gasteiger partial charge in [-0.1, -0.05) is 30.3 Å². The van der Waals surface area contributed by atoms with Crippen LogP contribution in [0.5, 0.6) is 0 Å². The molecule has 24 heavy (non-hydrogen) atoms. The summed E-state index contributed by atoms with van der Waals surface area (Å²) in [4.78, 5) is 14.5. The van der Waals surface area contributed by atoms with Gasteiger partial charge in [0.15, 0.2) is 0 Å². The topological polar surface area (TPSA) is 61.8 Å². The predicted molar refractivity (Wildman–Crippen MR) is 92.4 cm³/mol. The third-order valence-electron chi connectivity index (χ3n) is 5.41. The van der Waals surface area contributed by atoms with Crippen molar-refractivity contribution in [1.29, 1.82) is 0 Å². The van der Waals surface area contributed by atoms with Crippen LogP contribution in [0.15, 0.2) is 30.3 Å². The number of nitrogens with one attached hydrogen (secondary N) is 1. The van der Waals surface area contributed by atoms with Crippen molar-refractivity contribution in [3.05, 3.63) is 35.9 Å². The van der Waals surface area contributed by atoms with Crippen LogP contribution < -0.4 is 5.32 Å². The second-order valence-corrected chi connectivity index (χ2v) is 7.23. The summed E-state index contributed by atoms with van der Waals surface area (Å²) in [5, 5.41) is 13.7. The van der Waals surface area contributed by atoms with Gasteiger partial charge in [0.25, 0.3) is 0 Å². The van der Waals surface area contributed by atoms with Crippen LogP contribution in [0.3, 0.4) is 0 Å². The number of rotatable bonds is 5. The van der Waals surface area contributed by atoms with Crippen molar-refractivity contribution in [1.82, 2.24) is 10.2 Å². The van der Waals surface area contributed by atoms with E-state index in [9.17, 15) is 9.90 Å². The lowest BCUT2D eigenvalue weighted by atomic mass is 9.79. The Kier molecular flexibility index (Phi) is 5.54. The van der Waals surface area contributed by atoms with E-state index in [1.54, 1.807) is 0 Å². The van der Waals surface area contributed by atoms with Gasteiger partial charge in [0, 0.05) is 25.1 Å². The molecule has 1 aromatic carbocycles. The van der Waals surface area contributed by atoms with Gasteiger partial charge in [-0.15, -0.1) is 0 Å². The van der Waals surface area contributed by atoms with E-state index in [-0.39, 0.29) is 17.9 Å². The van der Waals surface area contributed by atoms with Crippen molar-refractivity contribution in [3.8, 4) is 0 Å². The summed E-state index contributed by atoms with van der Waals surface area (Å²) in [6, 6.07) is 10.2. The lowest BCUT2D eigenvalue weighted by molar-refractivity contribution is -0.132. The minimum atomic E-state index is -0.702. The van der Waals surface area contributed by atoms with Gasteiger partial charge < -0.3 is 15.2 Å². The third-order valence-corrected chi connectivity index (χ3v) is 5.41. The quantitative estimate of drug-likeness (QED) is 0.859. The Morgan fingerprint density at radius 2 is 2.21 bits per heavy atom. The van der Waals surface area contributed by atoms with E-state index >= 15 is 0 Å². The first-order valence-corrected chi connectivity index (χ1v) is 8.91. The Labute approximate surface area is 144 Å². The molecule has 3 rings (SSSR count). The molecule has 1 amide bonds. The first-order valence-electron chi connectivity index (χ1n) is 8.91. The lowest BCUT2D eigenvalue weighted by Gasteiger charge is -2.43. The summed E-state index contributed by atoms with van der Waals surface area (Å²) in [5.74, 6) is 0.123. The highest BCUT2D eigenvalue weighted by atomic mass is 16.5. The maximum Gasteiger partial charge on any atom is 0.234 e. The molecule has 2 heterocycles. The van der Waals surface area contributed by atoms with Crippen molar-refractivity contribution < 1.29 is 14.6 Å². The highest BCUT2D eigenvalue weighted by Gasteiger charge is 2.44. The number of hydrogen-bond acceptors (Lipinski definition) is 4. The van der Waals surface area contributed by atoms with E-state index in [0.717, 1.165) is 24.9 Å². The third kappa shape index (κ3) is 4.15. The molecule has 0 spiro atoms. The Hall–Kier alpha value is -1.43. The lowest BCUT2D eigenvalue weighted by Crippen LogP contribution is -2.53. The van der Waals surface area contributed by atoms with E-state index in [0.29, 0.717) is 32.7 Å². The molecule has 2 aliphatic heterocycles. The number of nitrogens with zero attached hydrogens (tertiary/aromatic N) is 1. The van der Waals surface area contributed by atoms with Crippen molar-refractivity contribution in [2.24, 2.45) is 5.92 Å². The molecule has 0 bridgehead atoms. The minimum Gasteiger partial charge on any atom is -0.390 e. The number of carbonyl (C=O) groups is 1. The second kappa shape index (κ2) is 7.64. The Balaban J connectivity index is 1.54. The maximum absolute atomic E-state index is 12.3. The summed E-state index contributed by atoms with van der Waals surface area (Å²) in [6.45, 7) is 4.97. The van der Waals surface area contributed by atoms with Crippen LogP contribution >= 0.6 is 0 Å². The maximum atomic E-state index is 12.3. The van der Waals surface area contributed by atoms with Gasteiger partial charge in [-0.2, -0.15) is 0 Å².